The molecule has 12 heavy (non-hydrogen) atoms. The van der Waals surface area contributed by atoms with Crippen LogP contribution in [0.5, 0.6) is 0 Å². The fourth-order valence-electron chi connectivity index (χ4n) is 1.30. The Balaban J connectivity index is 2.53. The summed E-state index contributed by atoms with van der Waals surface area (Å²) in [6.45, 7) is 1.89. The molecule has 3 heteroatoms. The molecule has 0 radical (unpaired) electrons. The van der Waals surface area contributed by atoms with Gasteiger partial charge in [0.25, 0.3) is 0 Å². The molecule has 0 saturated carbocycles. The molecular formula is C9H14O3. The van der Waals surface area contributed by atoms with Gasteiger partial charge in [-0.15, -0.1) is 0 Å². The molecule has 1 aliphatic rings. The van der Waals surface area contributed by atoms with Gasteiger partial charge in [-0.3, -0.25) is 0 Å². The van der Waals surface area contributed by atoms with Gasteiger partial charge in [0.2, 0.25) is 0 Å². The quantitative estimate of drug-likeness (QED) is 0.447. The molecule has 0 aliphatic heterocycles. The van der Waals surface area contributed by atoms with Crippen LogP contribution in [0.2, 0.25) is 0 Å². The molecule has 0 saturated heterocycles. The molecule has 0 aromatic rings. The average molecular weight is 170 g/mol. The summed E-state index contributed by atoms with van der Waals surface area (Å²) in [6.07, 6.45) is 6.35. The molecule has 1 rings (SSSR count). The molecule has 0 bridgehead atoms. The van der Waals surface area contributed by atoms with Gasteiger partial charge in [0, 0.05) is 0 Å². The predicted molar refractivity (Wildman–Crippen MR) is 44.9 cm³/mol. The molecule has 0 aromatic carbocycles. The molecule has 1 atom stereocenters. The van der Waals surface area contributed by atoms with Gasteiger partial charge in [-0.2, -0.15) is 0 Å². The van der Waals surface area contributed by atoms with E-state index in [1.54, 1.807) is 0 Å². The van der Waals surface area contributed by atoms with Crippen LogP contribution in [0.3, 0.4) is 0 Å². The number of carbonyl (C=O) groups is 1. The van der Waals surface area contributed by atoms with Crippen molar-refractivity contribution in [1.82, 2.24) is 0 Å². The van der Waals surface area contributed by atoms with Crippen LogP contribution in [0, 0.1) is 0 Å². The minimum atomic E-state index is -0.607. The third-order valence-corrected chi connectivity index (χ3v) is 2.00. The van der Waals surface area contributed by atoms with Gasteiger partial charge in [-0.05, 0) is 32.3 Å². The van der Waals surface area contributed by atoms with E-state index in [9.17, 15) is 4.79 Å². The second-order valence-electron chi connectivity index (χ2n) is 3.16. The Morgan fingerprint density at radius 1 is 1.58 bits per heavy atom. The Kier molecular flexibility index (Phi) is 2.74. The maximum Gasteiger partial charge on any atom is 0.508 e. The van der Waals surface area contributed by atoms with Crippen LogP contribution >= 0.6 is 0 Å². The van der Waals surface area contributed by atoms with Crippen molar-refractivity contribution in [3.05, 3.63) is 12.2 Å². The van der Waals surface area contributed by atoms with E-state index in [4.69, 9.17) is 4.74 Å². The molecule has 0 spiro atoms. The molecular weight excluding hydrogens is 156 g/mol. The highest BCUT2D eigenvalue weighted by atomic mass is 16.7. The van der Waals surface area contributed by atoms with Gasteiger partial charge in [-0.25, -0.2) is 4.79 Å². The third kappa shape index (κ3) is 2.26. The Labute approximate surface area is 72.4 Å². The maximum atomic E-state index is 10.8. The van der Waals surface area contributed by atoms with Gasteiger partial charge in [0.05, 0.1) is 7.11 Å². The lowest BCUT2D eigenvalue weighted by atomic mass is 9.93. The van der Waals surface area contributed by atoms with E-state index in [1.165, 1.54) is 7.11 Å². The van der Waals surface area contributed by atoms with E-state index in [2.05, 4.69) is 4.74 Å². The van der Waals surface area contributed by atoms with Crippen LogP contribution < -0.4 is 0 Å². The van der Waals surface area contributed by atoms with Crippen molar-refractivity contribution < 1.29 is 14.3 Å². The first-order valence-corrected chi connectivity index (χ1v) is 4.11. The van der Waals surface area contributed by atoms with E-state index in [-0.39, 0.29) is 0 Å². The zero-order valence-corrected chi connectivity index (χ0v) is 7.50. The van der Waals surface area contributed by atoms with Crippen molar-refractivity contribution in [1.29, 1.82) is 0 Å². The van der Waals surface area contributed by atoms with E-state index in [0.29, 0.717) is 0 Å². The summed E-state index contributed by atoms with van der Waals surface area (Å²) in [7, 11) is 1.32. The van der Waals surface area contributed by atoms with Gasteiger partial charge in [0.15, 0.2) is 0 Å². The van der Waals surface area contributed by atoms with Crippen LogP contribution in [0.1, 0.15) is 26.2 Å². The number of allylic oxidation sites excluding steroid dienone is 1. The lowest BCUT2D eigenvalue weighted by Gasteiger charge is -2.27. The minimum absolute atomic E-state index is 0.453. The number of hydrogen-bond donors (Lipinski definition) is 0. The molecule has 1 aliphatic carbocycles. The topological polar surface area (TPSA) is 35.5 Å². The normalized spacial score (nSPS) is 28.2. The summed E-state index contributed by atoms with van der Waals surface area (Å²) in [5.41, 5.74) is -0.453. The monoisotopic (exact) mass is 170 g/mol. The van der Waals surface area contributed by atoms with Crippen molar-refractivity contribution in [3.8, 4) is 0 Å². The predicted octanol–water partition coefficient (Wildman–Crippen LogP) is 2.27. The lowest BCUT2D eigenvalue weighted by Crippen LogP contribution is -2.30. The fraction of sp³-hybridized carbons (Fsp3) is 0.667. The van der Waals surface area contributed by atoms with E-state index in [1.807, 2.05) is 19.1 Å². The summed E-state index contributed by atoms with van der Waals surface area (Å²) in [4.78, 5) is 10.8. The first-order chi connectivity index (χ1) is 5.66. The highest BCUT2D eigenvalue weighted by molar-refractivity contribution is 5.60. The van der Waals surface area contributed by atoms with Gasteiger partial charge >= 0.3 is 6.16 Å². The standard InChI is InChI=1S/C9H14O3/c1-9(12-8(10)11-2)6-4-3-5-7-9/h4,6H,3,5,7H2,1-2H3. The number of ether oxygens (including phenoxy) is 2. The first kappa shape index (κ1) is 9.10. The van der Waals surface area contributed by atoms with Gasteiger partial charge < -0.3 is 9.47 Å². The molecule has 0 fully saturated rings. The fourth-order valence-corrected chi connectivity index (χ4v) is 1.30. The highest BCUT2D eigenvalue weighted by Gasteiger charge is 2.27. The summed E-state index contributed by atoms with van der Waals surface area (Å²) in [6, 6.07) is 0. The molecule has 1 unspecified atom stereocenters. The van der Waals surface area contributed by atoms with Crippen LogP contribution in [0.25, 0.3) is 0 Å². The molecule has 0 amide bonds. The number of hydrogen-bond acceptors (Lipinski definition) is 3. The number of rotatable bonds is 1. The number of carbonyl (C=O) groups excluding carboxylic acids is 1. The summed E-state index contributed by atoms with van der Waals surface area (Å²) < 4.78 is 9.50. The van der Waals surface area contributed by atoms with Crippen molar-refractivity contribution in [2.75, 3.05) is 7.11 Å². The van der Waals surface area contributed by atoms with E-state index >= 15 is 0 Å². The molecule has 68 valence electrons. The zero-order chi connectivity index (χ0) is 9.03. The Bertz CT molecular complexity index is 198. The van der Waals surface area contributed by atoms with E-state index in [0.717, 1.165) is 19.3 Å². The zero-order valence-electron chi connectivity index (χ0n) is 7.50. The van der Waals surface area contributed by atoms with Crippen molar-refractivity contribution >= 4 is 6.16 Å². The van der Waals surface area contributed by atoms with Crippen LogP contribution in [-0.4, -0.2) is 18.9 Å². The van der Waals surface area contributed by atoms with E-state index < -0.39 is 11.8 Å². The highest BCUT2D eigenvalue weighted by Crippen LogP contribution is 2.25. The summed E-state index contributed by atoms with van der Waals surface area (Å²) in [5, 5.41) is 0. The lowest BCUT2D eigenvalue weighted by molar-refractivity contribution is 0.00188. The summed E-state index contributed by atoms with van der Waals surface area (Å²) in [5.74, 6) is 0. The molecule has 0 heterocycles. The van der Waals surface area contributed by atoms with Crippen molar-refractivity contribution in [2.45, 2.75) is 31.8 Å². The van der Waals surface area contributed by atoms with Gasteiger partial charge in [0.1, 0.15) is 5.60 Å². The largest absolute Gasteiger partial charge is 0.508 e. The van der Waals surface area contributed by atoms with Crippen LogP contribution in [-0.2, 0) is 9.47 Å². The smallest absolute Gasteiger partial charge is 0.438 e. The number of methoxy groups -OCH3 is 1. The second kappa shape index (κ2) is 3.61. The third-order valence-electron chi connectivity index (χ3n) is 2.00. The summed E-state index contributed by atoms with van der Waals surface area (Å²) >= 11 is 0. The Hall–Kier alpha value is -0.990. The molecule has 3 nitrogen and oxygen atoms in total. The second-order valence-corrected chi connectivity index (χ2v) is 3.16. The van der Waals surface area contributed by atoms with Crippen LogP contribution in [0.4, 0.5) is 4.79 Å². The molecule has 0 aromatic heterocycles. The maximum absolute atomic E-state index is 10.8. The first-order valence-electron chi connectivity index (χ1n) is 4.11. The van der Waals surface area contributed by atoms with Crippen molar-refractivity contribution in [3.63, 3.8) is 0 Å². The van der Waals surface area contributed by atoms with Gasteiger partial charge in [-0.1, -0.05) is 6.08 Å². The SMILES string of the molecule is COC(=O)OC1(C)C=CCCC1. The van der Waals surface area contributed by atoms with Crippen LogP contribution in [0.15, 0.2) is 12.2 Å². The Morgan fingerprint density at radius 3 is 2.83 bits per heavy atom. The minimum Gasteiger partial charge on any atom is -0.438 e. The van der Waals surface area contributed by atoms with Crippen molar-refractivity contribution in [2.24, 2.45) is 0 Å². The molecule has 0 N–H and O–H groups in total. The average Bonchev–Trinajstić information content (AvgIpc) is 2.05. The Morgan fingerprint density at radius 2 is 2.33 bits per heavy atom.